The molecule has 2 aliphatic heterocycles. The highest BCUT2D eigenvalue weighted by Gasteiger charge is 2.57. The third-order valence-electron chi connectivity index (χ3n) is 8.81. The van der Waals surface area contributed by atoms with Gasteiger partial charge in [-0.3, -0.25) is 38.9 Å². The summed E-state index contributed by atoms with van der Waals surface area (Å²) in [6.45, 7) is 5.57. The van der Waals surface area contributed by atoms with Crippen LogP contribution in [0.1, 0.15) is 60.1 Å². The molecule has 67 heavy (non-hydrogen) atoms. The molecule has 0 spiro atoms. The summed E-state index contributed by atoms with van der Waals surface area (Å²) in [7, 11) is 2.10. The summed E-state index contributed by atoms with van der Waals surface area (Å²) < 4.78 is 63.1. The number of nitrogens with two attached hydrogens (primary N) is 1. The third-order valence-corrected chi connectivity index (χ3v) is 8.81. The first-order valence-electron chi connectivity index (χ1n) is 19.3. The van der Waals surface area contributed by atoms with Crippen molar-refractivity contribution in [2.45, 2.75) is 124 Å². The first kappa shape index (κ1) is 56.0. The Morgan fingerprint density at radius 3 is 1.22 bits per heavy atom. The number of benzene rings is 2. The molecule has 0 aromatic heterocycles. The van der Waals surface area contributed by atoms with Gasteiger partial charge in [0.05, 0.1) is 38.0 Å². The number of nitro benzene ring substituents is 1. The fraction of sp³-hybridized carbons (Fsp3) is 0.512. The zero-order valence-corrected chi connectivity index (χ0v) is 36.6. The number of aliphatic hydroxyl groups is 2. The summed E-state index contributed by atoms with van der Waals surface area (Å²) in [6, 6.07) is 7.93. The maximum absolute atomic E-state index is 12.4. The smallest absolute Gasteiger partial charge is 0.339 e. The number of carbonyl (C=O) groups excluding carboxylic acids is 8. The summed E-state index contributed by atoms with van der Waals surface area (Å²) in [5, 5.41) is 30.0. The monoisotopic (exact) mass is 956 g/mol. The van der Waals surface area contributed by atoms with Gasteiger partial charge in [0, 0.05) is 47.6 Å². The van der Waals surface area contributed by atoms with E-state index in [4.69, 9.17) is 57.8 Å². The number of ether oxygens (including phenoxy) is 12. The van der Waals surface area contributed by atoms with Gasteiger partial charge in [0.2, 0.25) is 24.8 Å². The van der Waals surface area contributed by atoms with Crippen molar-refractivity contribution in [2.24, 2.45) is 0 Å². The minimum atomic E-state index is -1.75. The van der Waals surface area contributed by atoms with Gasteiger partial charge < -0.3 is 72.8 Å². The van der Waals surface area contributed by atoms with Crippen molar-refractivity contribution in [1.29, 1.82) is 0 Å². The molecule has 10 atom stereocenters. The number of nitro groups is 1. The molecule has 2 aromatic rings. The van der Waals surface area contributed by atoms with Crippen LogP contribution in [0.25, 0.3) is 0 Å². The fourth-order valence-corrected chi connectivity index (χ4v) is 6.31. The lowest BCUT2D eigenvalue weighted by Gasteiger charge is -2.43. The molecule has 0 radical (unpaired) electrons. The van der Waals surface area contributed by atoms with E-state index < -0.39 is 126 Å². The Kier molecular flexibility index (Phi) is 21.3. The lowest BCUT2D eigenvalue weighted by molar-refractivity contribution is -0.387. The van der Waals surface area contributed by atoms with Crippen LogP contribution in [0.5, 0.6) is 11.5 Å². The van der Waals surface area contributed by atoms with Gasteiger partial charge in [0.1, 0.15) is 5.75 Å². The highest BCUT2D eigenvalue weighted by molar-refractivity contribution is 5.78. The normalized spacial score (nSPS) is 23.9. The van der Waals surface area contributed by atoms with E-state index in [9.17, 15) is 58.7 Å². The highest BCUT2D eigenvalue weighted by atomic mass is 16.8. The quantitative estimate of drug-likeness (QED) is 0.0724. The van der Waals surface area contributed by atoms with Crippen molar-refractivity contribution in [1.82, 2.24) is 0 Å². The lowest BCUT2D eigenvalue weighted by Crippen LogP contribution is -2.64. The second-order valence-electron chi connectivity index (χ2n) is 13.8. The molecule has 26 heteroatoms. The summed E-state index contributed by atoms with van der Waals surface area (Å²) in [5.74, 6) is -7.36. The fourth-order valence-electron chi connectivity index (χ4n) is 6.31. The van der Waals surface area contributed by atoms with E-state index in [1.54, 1.807) is 0 Å². The molecular weight excluding hydrogens is 904 g/mol. The number of hydrogen-bond acceptors (Lipinski definition) is 25. The van der Waals surface area contributed by atoms with E-state index in [0.717, 1.165) is 67.9 Å². The summed E-state index contributed by atoms with van der Waals surface area (Å²) >= 11 is 0. The third kappa shape index (κ3) is 15.5. The van der Waals surface area contributed by atoms with Crippen molar-refractivity contribution in [2.75, 3.05) is 20.0 Å². The average Bonchev–Trinajstić information content (AvgIpc) is 3.23. The molecule has 4 N–H and O–H groups in total. The van der Waals surface area contributed by atoms with Crippen molar-refractivity contribution in [3.63, 3.8) is 0 Å². The van der Waals surface area contributed by atoms with E-state index in [1.807, 2.05) is 0 Å². The van der Waals surface area contributed by atoms with Gasteiger partial charge in [-0.1, -0.05) is 19.6 Å². The van der Waals surface area contributed by atoms with E-state index in [0.29, 0.717) is 5.56 Å². The number of nitrogens with zero attached hydrogens (tertiary/aromatic N) is 1. The largest absolute Gasteiger partial charge is 0.467 e. The Morgan fingerprint density at radius 2 is 0.896 bits per heavy atom. The second kappa shape index (κ2) is 25.5. The topological polar surface area (TPSA) is 357 Å². The summed E-state index contributed by atoms with van der Waals surface area (Å²) in [5.41, 5.74) is 6.20. The first-order valence-corrected chi connectivity index (χ1v) is 19.3. The predicted molar refractivity (Wildman–Crippen MR) is 218 cm³/mol. The van der Waals surface area contributed by atoms with Crippen molar-refractivity contribution in [3.05, 3.63) is 57.6 Å². The second-order valence-corrected chi connectivity index (χ2v) is 13.8. The number of nitrogen functional groups attached to an aromatic ring is 1. The average molecular weight is 957 g/mol. The number of carbonyl (C=O) groups is 8. The van der Waals surface area contributed by atoms with Crippen LogP contribution in [0, 0.1) is 10.1 Å². The molecule has 0 amide bonds. The first-order chi connectivity index (χ1) is 31.0. The van der Waals surface area contributed by atoms with Crippen LogP contribution in [-0.4, -0.2) is 139 Å². The Morgan fingerprint density at radius 1 is 0.567 bits per heavy atom. The van der Waals surface area contributed by atoms with Crippen LogP contribution < -0.4 is 15.2 Å². The Labute approximate surface area is 381 Å². The number of aliphatic hydroxyl groups excluding tert-OH is 2. The number of esters is 8. The molecule has 2 saturated heterocycles. The van der Waals surface area contributed by atoms with E-state index in [2.05, 4.69) is 4.74 Å². The summed E-state index contributed by atoms with van der Waals surface area (Å²) in [4.78, 5) is 106. The van der Waals surface area contributed by atoms with Gasteiger partial charge in [-0.15, -0.1) is 0 Å². The number of methoxy groups -OCH3 is 2. The van der Waals surface area contributed by atoms with Crippen LogP contribution in [0.3, 0.4) is 0 Å². The predicted octanol–water partition coefficient (Wildman–Crippen LogP) is 0.628. The summed E-state index contributed by atoms with van der Waals surface area (Å²) in [6.07, 6.45) is -15.8. The maximum atomic E-state index is 12.4. The van der Waals surface area contributed by atoms with Crippen LogP contribution in [0.15, 0.2) is 36.4 Å². The zero-order chi connectivity index (χ0) is 49.6. The van der Waals surface area contributed by atoms with Crippen LogP contribution in [-0.2, 0) is 98.9 Å². The van der Waals surface area contributed by atoms with Gasteiger partial charge in [-0.05, 0) is 29.3 Å². The molecule has 26 nitrogen and oxygen atoms in total. The molecule has 0 saturated carbocycles. The van der Waals surface area contributed by atoms with Gasteiger partial charge in [-0.2, -0.15) is 0 Å². The van der Waals surface area contributed by atoms with E-state index >= 15 is 0 Å². The molecule has 4 rings (SSSR count). The maximum Gasteiger partial charge on any atom is 0.339 e. The number of anilines is 1. The molecule has 2 fully saturated rings. The molecule has 0 aliphatic carbocycles. The zero-order valence-electron chi connectivity index (χ0n) is 36.6. The van der Waals surface area contributed by atoms with Gasteiger partial charge in [0.25, 0.3) is 0 Å². The van der Waals surface area contributed by atoms with Crippen LogP contribution in [0.4, 0.5) is 11.4 Å². The van der Waals surface area contributed by atoms with Gasteiger partial charge in [0.15, 0.2) is 42.4 Å². The molecule has 0 unspecified atom stereocenters. The minimum absolute atomic E-state index is 0. The van der Waals surface area contributed by atoms with Crippen LogP contribution >= 0.6 is 0 Å². The molecule has 2 heterocycles. The lowest BCUT2D eigenvalue weighted by atomic mass is 9.97. The molecule has 370 valence electrons. The molecular formula is C41H52N2O24. The van der Waals surface area contributed by atoms with E-state index in [-0.39, 0.29) is 36.8 Å². The van der Waals surface area contributed by atoms with Crippen molar-refractivity contribution >= 4 is 59.1 Å². The molecule has 2 aromatic carbocycles. The molecule has 0 bridgehead atoms. The molecule has 2 aliphatic rings. The van der Waals surface area contributed by atoms with Crippen molar-refractivity contribution in [3.8, 4) is 11.5 Å². The van der Waals surface area contributed by atoms with E-state index in [1.165, 1.54) is 24.3 Å². The number of rotatable bonds is 15. The van der Waals surface area contributed by atoms with Gasteiger partial charge in [-0.25, -0.2) is 9.59 Å². The highest BCUT2D eigenvalue weighted by Crippen LogP contribution is 2.36. The van der Waals surface area contributed by atoms with Gasteiger partial charge >= 0.3 is 53.4 Å². The van der Waals surface area contributed by atoms with Crippen LogP contribution in [0.2, 0.25) is 0 Å². The van der Waals surface area contributed by atoms with Crippen molar-refractivity contribution < 1.29 is 110 Å². The Bertz CT molecular complexity index is 2130. The standard InChI is InChI=1S/C20H23NO13.C20H25NO11.CH4/c1-9(23)30-15-16(31-10(2)24)18(32-11(3)25)20(34-17(15)19(26)29-4)33-14-6-5-12(8-22)7-13(14)21(27)28;1-9(23)28-15-16(29-10(2)24)18(30-11(3)25)20(32-17(15)19(26)27-4)31-14-6-5-12(8-22)7-13(14)21;/h5-7,15-18,20,22H,8H2,1-4H3;5-7,15-18,20,22H,8,21H2,1-4H3;1H4/t2*15-,16-,17-,18+,20+;/m00./s1. The minimum Gasteiger partial charge on any atom is -0.467 e. The number of hydrogen-bond donors (Lipinski definition) is 3. The SMILES string of the molecule is C.COC(=O)[C@H]1O[C@@H](Oc2ccc(CO)cc2N)[C@H](OC(C)=O)[C@@H](OC(C)=O)[C@@H]1OC(C)=O.COC(=O)[C@H]1O[C@@H](Oc2ccc(CO)cc2[N+](=O)[O-])[C@H](OC(C)=O)[C@@H](OC(C)=O)[C@@H]1OC(C)=O. The Hall–Kier alpha value is -7.16. The Balaban J connectivity index is 0.000000454.